The first kappa shape index (κ1) is 11.9. The lowest BCUT2D eigenvalue weighted by molar-refractivity contribution is 0.230. The second kappa shape index (κ2) is 4.21. The second-order valence-corrected chi connectivity index (χ2v) is 9.13. The maximum Gasteiger partial charge on any atom is 0.200 e. The van der Waals surface area contributed by atoms with E-state index in [-0.39, 0.29) is 0 Å². The summed E-state index contributed by atoms with van der Waals surface area (Å²) >= 11 is 12.8. The number of aliphatic hydroxyl groups is 1. The minimum absolute atomic E-state index is 0.498. The Balaban J connectivity index is 4.10. The maximum absolute atomic E-state index is 9.42. The summed E-state index contributed by atoms with van der Waals surface area (Å²) in [5, 5.41) is 9.42. The fraction of sp³-hybridized carbons (Fsp3) is 1.00. The summed E-state index contributed by atoms with van der Waals surface area (Å²) < 4.78 is -1.59. The number of halogens is 4. The van der Waals surface area contributed by atoms with Crippen molar-refractivity contribution < 1.29 is 5.11 Å². The fourth-order valence-electron chi connectivity index (χ4n) is 0.464. The average molecular weight is 404 g/mol. The summed E-state index contributed by atoms with van der Waals surface area (Å²) in [7, 11) is 0. The van der Waals surface area contributed by atoms with Crippen molar-refractivity contribution >= 4 is 63.7 Å². The predicted octanol–water partition coefficient (Wildman–Crippen LogP) is 3.71. The SMILES string of the molecule is CCCC(Br)(Br)C(O)(Br)Br. The zero-order chi connectivity index (χ0) is 8.41. The number of rotatable bonds is 3. The van der Waals surface area contributed by atoms with Crippen LogP contribution in [0, 0.1) is 0 Å². The summed E-state index contributed by atoms with van der Waals surface area (Å²) in [4.78, 5) is 0. The van der Waals surface area contributed by atoms with Crippen LogP contribution in [-0.4, -0.2) is 11.8 Å². The molecule has 0 unspecified atom stereocenters. The van der Waals surface area contributed by atoms with E-state index < -0.39 is 6.65 Å². The van der Waals surface area contributed by atoms with Gasteiger partial charge in [0.25, 0.3) is 0 Å². The molecule has 0 heterocycles. The molecule has 62 valence electrons. The molecule has 0 fully saturated rings. The van der Waals surface area contributed by atoms with Crippen molar-refractivity contribution in [2.75, 3.05) is 0 Å². The normalized spacial score (nSPS) is 13.8. The summed E-state index contributed by atoms with van der Waals surface area (Å²) in [5.74, 6) is 0. The number of hydrogen-bond acceptors (Lipinski definition) is 1. The molecule has 0 aromatic heterocycles. The standard InChI is InChI=1S/C5H8Br4O/c1-2-3-4(6,7)5(8,9)10/h10H,2-3H2,1H3. The van der Waals surface area contributed by atoms with E-state index in [2.05, 4.69) is 63.7 Å². The van der Waals surface area contributed by atoms with Crippen LogP contribution >= 0.6 is 63.7 Å². The first-order valence-electron chi connectivity index (χ1n) is 2.79. The lowest BCUT2D eigenvalue weighted by Gasteiger charge is -2.29. The zero-order valence-electron chi connectivity index (χ0n) is 5.37. The van der Waals surface area contributed by atoms with Gasteiger partial charge < -0.3 is 5.11 Å². The largest absolute Gasteiger partial charge is 0.368 e. The van der Waals surface area contributed by atoms with E-state index in [9.17, 15) is 5.11 Å². The molecule has 0 aromatic rings. The molecule has 10 heavy (non-hydrogen) atoms. The Labute approximate surface area is 94.5 Å². The van der Waals surface area contributed by atoms with Crippen LogP contribution in [0.4, 0.5) is 0 Å². The van der Waals surface area contributed by atoms with Gasteiger partial charge in [-0.05, 0) is 38.3 Å². The van der Waals surface area contributed by atoms with Gasteiger partial charge in [0.05, 0.1) is 0 Å². The number of hydrogen-bond donors (Lipinski definition) is 1. The van der Waals surface area contributed by atoms with Crippen molar-refractivity contribution in [2.45, 2.75) is 26.4 Å². The second-order valence-electron chi connectivity index (χ2n) is 2.00. The minimum Gasteiger partial charge on any atom is -0.368 e. The first-order valence-corrected chi connectivity index (χ1v) is 5.96. The highest BCUT2D eigenvalue weighted by atomic mass is 79.9. The molecule has 1 nitrogen and oxygen atoms in total. The molecule has 0 rings (SSSR count). The van der Waals surface area contributed by atoms with E-state index >= 15 is 0 Å². The molecule has 1 N–H and O–H groups in total. The van der Waals surface area contributed by atoms with Crippen LogP contribution in [0.25, 0.3) is 0 Å². The molecule has 0 aliphatic heterocycles. The third kappa shape index (κ3) is 3.52. The van der Waals surface area contributed by atoms with Crippen LogP contribution in [0.15, 0.2) is 0 Å². The minimum atomic E-state index is -1.09. The molecule has 0 saturated heterocycles. The topological polar surface area (TPSA) is 20.2 Å². The Morgan fingerprint density at radius 3 is 1.70 bits per heavy atom. The molecular formula is C5H8Br4O. The van der Waals surface area contributed by atoms with Gasteiger partial charge in [-0.3, -0.25) is 0 Å². The fourth-order valence-corrected chi connectivity index (χ4v) is 1.65. The molecule has 0 aliphatic carbocycles. The van der Waals surface area contributed by atoms with Gasteiger partial charge in [0.2, 0.25) is 0 Å². The molecule has 0 spiro atoms. The van der Waals surface area contributed by atoms with Crippen LogP contribution in [0.5, 0.6) is 0 Å². The van der Waals surface area contributed by atoms with Gasteiger partial charge in [0, 0.05) is 0 Å². The molecule has 0 aromatic carbocycles. The van der Waals surface area contributed by atoms with Crippen LogP contribution in [0.3, 0.4) is 0 Å². The van der Waals surface area contributed by atoms with E-state index in [1.54, 1.807) is 0 Å². The molecule has 5 heteroatoms. The smallest absolute Gasteiger partial charge is 0.200 e. The van der Waals surface area contributed by atoms with Crippen molar-refractivity contribution in [2.24, 2.45) is 0 Å². The van der Waals surface area contributed by atoms with Crippen molar-refractivity contribution in [3.05, 3.63) is 0 Å². The Morgan fingerprint density at radius 1 is 1.20 bits per heavy atom. The van der Waals surface area contributed by atoms with E-state index in [4.69, 9.17) is 0 Å². The van der Waals surface area contributed by atoms with E-state index in [0.717, 1.165) is 12.8 Å². The summed E-state index contributed by atoms with van der Waals surface area (Å²) in [5.41, 5.74) is 0. The van der Waals surface area contributed by atoms with Gasteiger partial charge >= 0.3 is 0 Å². The van der Waals surface area contributed by atoms with Crippen molar-refractivity contribution in [1.29, 1.82) is 0 Å². The van der Waals surface area contributed by atoms with E-state index in [0.29, 0.717) is 0 Å². The highest BCUT2D eigenvalue weighted by Gasteiger charge is 2.42. The third-order valence-corrected chi connectivity index (χ3v) is 6.43. The number of alkyl halides is 4. The van der Waals surface area contributed by atoms with Crippen LogP contribution in [-0.2, 0) is 0 Å². The van der Waals surface area contributed by atoms with E-state index in [1.165, 1.54) is 0 Å². The monoisotopic (exact) mass is 400 g/mol. The van der Waals surface area contributed by atoms with Crippen LogP contribution < -0.4 is 0 Å². The Bertz CT molecular complexity index is 107. The Kier molecular flexibility index (Phi) is 5.00. The Hall–Kier alpha value is 1.88. The first-order chi connectivity index (χ1) is 4.31. The molecule has 0 bridgehead atoms. The highest BCUT2D eigenvalue weighted by molar-refractivity contribution is 9.30. The average Bonchev–Trinajstić information content (AvgIpc) is 1.61. The third-order valence-electron chi connectivity index (χ3n) is 1.00. The van der Waals surface area contributed by atoms with Gasteiger partial charge in [-0.2, -0.15) is 0 Å². The van der Waals surface area contributed by atoms with Gasteiger partial charge in [0.15, 0.2) is 3.42 Å². The highest BCUT2D eigenvalue weighted by Crippen LogP contribution is 2.48. The summed E-state index contributed by atoms with van der Waals surface area (Å²) in [6, 6.07) is 0. The zero-order valence-corrected chi connectivity index (χ0v) is 11.7. The van der Waals surface area contributed by atoms with Gasteiger partial charge in [-0.15, -0.1) is 0 Å². The molecule has 0 atom stereocenters. The van der Waals surface area contributed by atoms with Gasteiger partial charge in [-0.25, -0.2) is 0 Å². The molecular weight excluding hydrogens is 396 g/mol. The lowest BCUT2D eigenvalue weighted by Crippen LogP contribution is -2.33. The van der Waals surface area contributed by atoms with Crippen LogP contribution in [0.2, 0.25) is 0 Å². The van der Waals surface area contributed by atoms with Crippen LogP contribution in [0.1, 0.15) is 19.8 Å². The summed E-state index contributed by atoms with van der Waals surface area (Å²) in [6.45, 7) is 2.04. The molecule has 0 radical (unpaired) electrons. The van der Waals surface area contributed by atoms with Gasteiger partial charge in [-0.1, -0.05) is 45.2 Å². The summed E-state index contributed by atoms with van der Waals surface area (Å²) in [6.07, 6.45) is 1.80. The quantitative estimate of drug-likeness (QED) is 0.712. The van der Waals surface area contributed by atoms with E-state index in [1.807, 2.05) is 6.92 Å². The van der Waals surface area contributed by atoms with Gasteiger partial charge in [0.1, 0.15) is 3.23 Å². The Morgan fingerprint density at radius 2 is 1.60 bits per heavy atom. The molecule has 0 saturated carbocycles. The van der Waals surface area contributed by atoms with Crippen molar-refractivity contribution in [3.63, 3.8) is 0 Å². The van der Waals surface area contributed by atoms with Crippen molar-refractivity contribution in [3.8, 4) is 0 Å². The predicted molar refractivity (Wildman–Crippen MR) is 58.3 cm³/mol. The van der Waals surface area contributed by atoms with Crippen molar-refractivity contribution in [1.82, 2.24) is 0 Å². The lowest BCUT2D eigenvalue weighted by atomic mass is 10.3. The molecule has 0 amide bonds. The maximum atomic E-state index is 9.42. The molecule has 0 aliphatic rings.